The zero-order valence-electron chi connectivity index (χ0n) is 22.3. The number of nitrogens with one attached hydrogen (secondary N) is 1. The summed E-state index contributed by atoms with van der Waals surface area (Å²) < 4.78 is 31.4. The maximum Gasteiger partial charge on any atom is 0.242 e. The van der Waals surface area contributed by atoms with E-state index in [4.69, 9.17) is 16.3 Å². The lowest BCUT2D eigenvalue weighted by molar-refractivity contribution is -0.140. The zero-order valence-corrected chi connectivity index (χ0v) is 23.9. The Balaban J connectivity index is 2.18. The van der Waals surface area contributed by atoms with Crippen molar-refractivity contribution in [2.24, 2.45) is 0 Å². The highest BCUT2D eigenvalue weighted by atomic mass is 35.5. The monoisotopic (exact) mass is 551 g/mol. The minimum Gasteiger partial charge on any atom is -0.495 e. The summed E-state index contributed by atoms with van der Waals surface area (Å²) in [7, 11) is -2.14. The summed E-state index contributed by atoms with van der Waals surface area (Å²) in [6.07, 6.45) is 3.27. The van der Waals surface area contributed by atoms with Crippen molar-refractivity contribution in [2.75, 3.05) is 30.8 Å². The summed E-state index contributed by atoms with van der Waals surface area (Å²) in [5.41, 5.74) is 2.37. The number of anilines is 1. The van der Waals surface area contributed by atoms with E-state index in [1.54, 1.807) is 24.0 Å². The number of halogens is 1. The summed E-state index contributed by atoms with van der Waals surface area (Å²) in [4.78, 5) is 27.8. The van der Waals surface area contributed by atoms with Crippen LogP contribution in [0.4, 0.5) is 5.69 Å². The fraction of sp³-hybridized carbons (Fsp3) is 0.481. The molecule has 10 heteroatoms. The van der Waals surface area contributed by atoms with Crippen LogP contribution in [0, 0.1) is 6.92 Å². The molecule has 2 aromatic rings. The highest BCUT2D eigenvalue weighted by Gasteiger charge is 2.27. The molecule has 0 heterocycles. The second-order valence-corrected chi connectivity index (χ2v) is 11.3. The third kappa shape index (κ3) is 8.93. The number of aryl methyl sites for hydroxylation is 1. The standard InChI is InChI=1S/C27H38ClN3O5S/c1-6-7-16-29-27(33)21(3)30(19-22-12-9-8-11-20(22)2)26(32)13-10-17-31(37(5,34)35)23-14-15-25(36-4)24(28)18-23/h8-9,11-12,14-15,18,21H,6-7,10,13,16-17,19H2,1-5H3,(H,29,33)/t21-/m0/s1. The summed E-state index contributed by atoms with van der Waals surface area (Å²) >= 11 is 6.20. The number of methoxy groups -OCH3 is 1. The maximum absolute atomic E-state index is 13.4. The smallest absolute Gasteiger partial charge is 0.242 e. The minimum atomic E-state index is -3.62. The average molecular weight is 552 g/mol. The number of amides is 2. The Morgan fingerprint density at radius 2 is 1.84 bits per heavy atom. The molecule has 0 fully saturated rings. The van der Waals surface area contributed by atoms with Crippen LogP contribution in [0.2, 0.25) is 5.02 Å². The minimum absolute atomic E-state index is 0.0777. The Morgan fingerprint density at radius 1 is 1.14 bits per heavy atom. The number of ether oxygens (including phenoxy) is 1. The van der Waals surface area contributed by atoms with Crippen LogP contribution in [0.5, 0.6) is 5.75 Å². The van der Waals surface area contributed by atoms with Crippen molar-refractivity contribution >= 4 is 39.1 Å². The van der Waals surface area contributed by atoms with Crippen molar-refractivity contribution in [2.45, 2.75) is 59.0 Å². The molecule has 0 saturated carbocycles. The van der Waals surface area contributed by atoms with E-state index in [-0.39, 0.29) is 42.8 Å². The van der Waals surface area contributed by atoms with Gasteiger partial charge in [0.25, 0.3) is 0 Å². The maximum atomic E-state index is 13.4. The molecule has 0 radical (unpaired) electrons. The molecule has 37 heavy (non-hydrogen) atoms. The van der Waals surface area contributed by atoms with Crippen molar-refractivity contribution < 1.29 is 22.7 Å². The van der Waals surface area contributed by atoms with Gasteiger partial charge < -0.3 is 15.0 Å². The van der Waals surface area contributed by atoms with E-state index in [1.165, 1.54) is 17.5 Å². The molecule has 2 amide bonds. The van der Waals surface area contributed by atoms with Crippen molar-refractivity contribution in [1.29, 1.82) is 0 Å². The van der Waals surface area contributed by atoms with Crippen molar-refractivity contribution in [1.82, 2.24) is 10.2 Å². The van der Waals surface area contributed by atoms with Crippen LogP contribution in [-0.4, -0.2) is 57.6 Å². The van der Waals surface area contributed by atoms with Gasteiger partial charge in [0.1, 0.15) is 11.8 Å². The number of carbonyl (C=O) groups is 2. The van der Waals surface area contributed by atoms with Gasteiger partial charge in [-0.05, 0) is 56.0 Å². The van der Waals surface area contributed by atoms with Crippen LogP contribution in [0.1, 0.15) is 50.7 Å². The van der Waals surface area contributed by atoms with E-state index in [0.717, 1.165) is 30.2 Å². The summed E-state index contributed by atoms with van der Waals surface area (Å²) in [6.45, 7) is 6.66. The molecule has 1 N–H and O–H groups in total. The van der Waals surface area contributed by atoms with E-state index in [2.05, 4.69) is 5.32 Å². The lowest BCUT2D eigenvalue weighted by atomic mass is 10.1. The molecule has 0 aromatic heterocycles. The Morgan fingerprint density at radius 3 is 2.43 bits per heavy atom. The van der Waals surface area contributed by atoms with Gasteiger partial charge in [0.15, 0.2) is 0 Å². The van der Waals surface area contributed by atoms with Gasteiger partial charge in [0.2, 0.25) is 21.8 Å². The highest BCUT2D eigenvalue weighted by Crippen LogP contribution is 2.30. The Bertz CT molecular complexity index is 1170. The van der Waals surface area contributed by atoms with Gasteiger partial charge in [-0.1, -0.05) is 49.2 Å². The molecule has 0 aliphatic carbocycles. The third-order valence-electron chi connectivity index (χ3n) is 6.17. The number of sulfonamides is 1. The summed E-state index contributed by atoms with van der Waals surface area (Å²) in [5, 5.41) is 3.20. The molecule has 2 rings (SSSR count). The quantitative estimate of drug-likeness (QED) is 0.348. The average Bonchev–Trinajstić information content (AvgIpc) is 2.85. The summed E-state index contributed by atoms with van der Waals surface area (Å²) in [6, 6.07) is 11.8. The Hall–Kier alpha value is -2.78. The van der Waals surface area contributed by atoms with Crippen LogP contribution in [-0.2, 0) is 26.2 Å². The van der Waals surface area contributed by atoms with E-state index in [0.29, 0.717) is 18.0 Å². The molecular formula is C27H38ClN3O5S. The molecule has 0 unspecified atom stereocenters. The second kappa shape index (κ2) is 14.2. The molecule has 204 valence electrons. The van der Waals surface area contributed by atoms with E-state index >= 15 is 0 Å². The fourth-order valence-electron chi connectivity index (χ4n) is 3.90. The third-order valence-corrected chi connectivity index (χ3v) is 7.66. The molecule has 0 saturated heterocycles. The van der Waals surface area contributed by atoms with Gasteiger partial charge in [-0.2, -0.15) is 0 Å². The number of nitrogens with zero attached hydrogens (tertiary/aromatic N) is 2. The van der Waals surface area contributed by atoms with Crippen molar-refractivity contribution in [3.05, 3.63) is 58.6 Å². The van der Waals surface area contributed by atoms with Gasteiger partial charge in [-0.15, -0.1) is 0 Å². The number of carbonyl (C=O) groups excluding carboxylic acids is 2. The number of benzene rings is 2. The van der Waals surface area contributed by atoms with E-state index < -0.39 is 16.1 Å². The van der Waals surface area contributed by atoms with E-state index in [9.17, 15) is 18.0 Å². The van der Waals surface area contributed by atoms with Gasteiger partial charge >= 0.3 is 0 Å². The summed E-state index contributed by atoms with van der Waals surface area (Å²) in [5.74, 6) is 0.00993. The first kappa shape index (κ1) is 30.4. The largest absolute Gasteiger partial charge is 0.495 e. The predicted molar refractivity (Wildman–Crippen MR) is 149 cm³/mol. The first-order valence-corrected chi connectivity index (χ1v) is 14.6. The fourth-order valence-corrected chi connectivity index (χ4v) is 5.11. The van der Waals surface area contributed by atoms with Gasteiger partial charge in [-0.25, -0.2) is 8.42 Å². The predicted octanol–water partition coefficient (Wildman–Crippen LogP) is 4.54. The van der Waals surface area contributed by atoms with Crippen LogP contribution >= 0.6 is 11.6 Å². The van der Waals surface area contributed by atoms with Crippen LogP contribution in [0.3, 0.4) is 0 Å². The molecular weight excluding hydrogens is 514 g/mol. The zero-order chi connectivity index (χ0) is 27.6. The van der Waals surface area contributed by atoms with Crippen molar-refractivity contribution in [3.8, 4) is 5.75 Å². The van der Waals surface area contributed by atoms with Crippen LogP contribution in [0.15, 0.2) is 42.5 Å². The number of rotatable bonds is 14. The lowest BCUT2D eigenvalue weighted by Gasteiger charge is -2.30. The van der Waals surface area contributed by atoms with Crippen LogP contribution < -0.4 is 14.4 Å². The normalized spacial score (nSPS) is 12.1. The molecule has 2 aromatic carbocycles. The van der Waals surface area contributed by atoms with Crippen molar-refractivity contribution in [3.63, 3.8) is 0 Å². The Labute approximate surface area is 226 Å². The first-order valence-electron chi connectivity index (χ1n) is 12.4. The van der Waals surface area contributed by atoms with Crippen LogP contribution in [0.25, 0.3) is 0 Å². The van der Waals surface area contributed by atoms with Gasteiger partial charge in [0, 0.05) is 26.1 Å². The first-order chi connectivity index (χ1) is 17.5. The number of hydrogen-bond donors (Lipinski definition) is 1. The molecule has 8 nitrogen and oxygen atoms in total. The highest BCUT2D eigenvalue weighted by molar-refractivity contribution is 7.92. The number of hydrogen-bond acceptors (Lipinski definition) is 5. The lowest BCUT2D eigenvalue weighted by Crippen LogP contribution is -2.48. The van der Waals surface area contributed by atoms with E-state index in [1.807, 2.05) is 38.1 Å². The topological polar surface area (TPSA) is 96.0 Å². The molecule has 0 bridgehead atoms. The van der Waals surface area contributed by atoms with Gasteiger partial charge in [-0.3, -0.25) is 13.9 Å². The van der Waals surface area contributed by atoms with Gasteiger partial charge in [0.05, 0.1) is 24.1 Å². The SMILES string of the molecule is CCCCNC(=O)[C@H](C)N(Cc1ccccc1C)C(=O)CCCN(c1ccc(OC)c(Cl)c1)S(C)(=O)=O. The number of unbranched alkanes of at least 4 members (excludes halogenated alkanes) is 1. The Kier molecular flexibility index (Phi) is 11.7. The molecule has 0 aliphatic rings. The molecule has 0 aliphatic heterocycles. The molecule has 1 atom stereocenters. The molecule has 0 spiro atoms. The second-order valence-electron chi connectivity index (χ2n) is 9.03.